The summed E-state index contributed by atoms with van der Waals surface area (Å²) in [6.07, 6.45) is -0.241. The fourth-order valence-electron chi connectivity index (χ4n) is 1.84. The Balaban J connectivity index is 2.20. The summed E-state index contributed by atoms with van der Waals surface area (Å²) in [4.78, 5) is 14.6. The molecule has 3 N–H and O–H groups in total. The molecule has 1 heterocycles. The van der Waals surface area contributed by atoms with Gasteiger partial charge in [-0.2, -0.15) is 0 Å². The molecule has 21 heavy (non-hydrogen) atoms. The third kappa shape index (κ3) is 3.54. The molecule has 0 radical (unpaired) electrons. The molecule has 0 fully saturated rings. The van der Waals surface area contributed by atoms with E-state index < -0.39 is 22.1 Å². The molecule has 0 spiro atoms. The number of benzene rings is 1. The predicted molar refractivity (Wildman–Crippen MR) is 75.2 cm³/mol. The SMILES string of the molecule is O=C(O)[C@@H](O)CCNS(=O)(=O)c1cccc2ncccc12. The first-order valence-electron chi connectivity index (χ1n) is 6.16. The number of carbonyl (C=O) groups is 1. The van der Waals surface area contributed by atoms with E-state index in [4.69, 9.17) is 10.2 Å². The van der Waals surface area contributed by atoms with Gasteiger partial charge in [0.15, 0.2) is 6.10 Å². The lowest BCUT2D eigenvalue weighted by atomic mass is 10.2. The molecular formula is C13H14N2O5S. The lowest BCUT2D eigenvalue weighted by Crippen LogP contribution is -2.30. The van der Waals surface area contributed by atoms with Gasteiger partial charge < -0.3 is 10.2 Å². The van der Waals surface area contributed by atoms with Crippen molar-refractivity contribution in [2.45, 2.75) is 17.4 Å². The van der Waals surface area contributed by atoms with Crippen LogP contribution in [-0.2, 0) is 14.8 Å². The maximum Gasteiger partial charge on any atom is 0.332 e. The van der Waals surface area contributed by atoms with Gasteiger partial charge in [0.2, 0.25) is 10.0 Å². The van der Waals surface area contributed by atoms with Crippen molar-refractivity contribution in [3.05, 3.63) is 36.5 Å². The van der Waals surface area contributed by atoms with Crippen LogP contribution in [-0.4, -0.2) is 42.2 Å². The molecule has 0 saturated heterocycles. The first-order chi connectivity index (χ1) is 9.92. The van der Waals surface area contributed by atoms with Crippen LogP contribution in [0.15, 0.2) is 41.4 Å². The molecule has 2 aromatic rings. The van der Waals surface area contributed by atoms with Crippen LogP contribution in [0, 0.1) is 0 Å². The lowest BCUT2D eigenvalue weighted by Gasteiger charge is -2.10. The Morgan fingerprint density at radius 2 is 2.05 bits per heavy atom. The van der Waals surface area contributed by atoms with Crippen LogP contribution in [0.2, 0.25) is 0 Å². The molecule has 0 amide bonds. The summed E-state index contributed by atoms with van der Waals surface area (Å²) in [5, 5.41) is 18.1. The Kier molecular flexibility index (Phi) is 4.51. The van der Waals surface area contributed by atoms with Gasteiger partial charge >= 0.3 is 5.97 Å². The smallest absolute Gasteiger partial charge is 0.332 e. The number of aromatic nitrogens is 1. The normalized spacial score (nSPS) is 13.2. The number of nitrogens with zero attached hydrogens (tertiary/aromatic N) is 1. The first-order valence-corrected chi connectivity index (χ1v) is 7.64. The van der Waals surface area contributed by atoms with Crippen LogP contribution in [0.25, 0.3) is 10.9 Å². The molecule has 0 unspecified atom stereocenters. The molecule has 8 heteroatoms. The minimum Gasteiger partial charge on any atom is -0.479 e. The summed E-state index contributed by atoms with van der Waals surface area (Å²) in [6, 6.07) is 8.00. The molecule has 1 aromatic heterocycles. The largest absolute Gasteiger partial charge is 0.479 e. The van der Waals surface area contributed by atoms with E-state index in [1.165, 1.54) is 6.07 Å². The number of aliphatic hydroxyl groups is 1. The molecule has 0 aliphatic rings. The van der Waals surface area contributed by atoms with Crippen molar-refractivity contribution in [1.82, 2.24) is 9.71 Å². The molecule has 2 rings (SSSR count). The molecule has 0 bridgehead atoms. The number of sulfonamides is 1. The highest BCUT2D eigenvalue weighted by molar-refractivity contribution is 7.89. The van der Waals surface area contributed by atoms with E-state index in [0.29, 0.717) is 10.9 Å². The topological polar surface area (TPSA) is 117 Å². The van der Waals surface area contributed by atoms with Crippen molar-refractivity contribution in [3.63, 3.8) is 0 Å². The van der Waals surface area contributed by atoms with Gasteiger partial charge in [0.25, 0.3) is 0 Å². The van der Waals surface area contributed by atoms with E-state index in [1.54, 1.807) is 30.5 Å². The number of aliphatic hydroxyl groups excluding tert-OH is 1. The Labute approximate surface area is 121 Å². The van der Waals surface area contributed by atoms with E-state index >= 15 is 0 Å². The highest BCUT2D eigenvalue weighted by atomic mass is 32.2. The van der Waals surface area contributed by atoms with E-state index in [1.807, 2.05) is 0 Å². The zero-order valence-electron chi connectivity index (χ0n) is 10.9. The molecule has 0 saturated carbocycles. The second kappa shape index (κ2) is 6.17. The van der Waals surface area contributed by atoms with Crippen LogP contribution in [0.4, 0.5) is 0 Å². The summed E-state index contributed by atoms with van der Waals surface area (Å²) in [5.41, 5.74) is 0.547. The summed E-state index contributed by atoms with van der Waals surface area (Å²) < 4.78 is 26.7. The zero-order valence-corrected chi connectivity index (χ0v) is 11.7. The van der Waals surface area contributed by atoms with Gasteiger partial charge in [0, 0.05) is 18.1 Å². The number of hydrogen-bond acceptors (Lipinski definition) is 5. The summed E-state index contributed by atoms with van der Waals surface area (Å²) in [5.74, 6) is -1.39. The van der Waals surface area contributed by atoms with Crippen molar-refractivity contribution in [3.8, 4) is 0 Å². The van der Waals surface area contributed by atoms with E-state index in [-0.39, 0.29) is 17.9 Å². The molecule has 1 atom stereocenters. The van der Waals surface area contributed by atoms with Crippen molar-refractivity contribution in [2.24, 2.45) is 0 Å². The third-order valence-electron chi connectivity index (χ3n) is 2.89. The standard InChI is InChI=1S/C13H14N2O5S/c16-11(13(17)18)6-8-15-21(19,20)12-5-1-4-10-9(12)3-2-7-14-10/h1-5,7,11,15-16H,6,8H2,(H,17,18)/t11-/m0/s1. The minimum absolute atomic E-state index is 0.0675. The van der Waals surface area contributed by atoms with Gasteiger partial charge in [-0.3, -0.25) is 4.98 Å². The highest BCUT2D eigenvalue weighted by Crippen LogP contribution is 2.20. The second-order valence-corrected chi connectivity index (χ2v) is 6.10. The zero-order chi connectivity index (χ0) is 15.5. The number of aliphatic carboxylic acids is 1. The third-order valence-corrected chi connectivity index (χ3v) is 4.41. The number of pyridine rings is 1. The highest BCUT2D eigenvalue weighted by Gasteiger charge is 2.19. The Hall–Kier alpha value is -2.03. The fourth-order valence-corrected chi connectivity index (χ4v) is 3.10. The average Bonchev–Trinajstić information content (AvgIpc) is 2.46. The van der Waals surface area contributed by atoms with Gasteiger partial charge in [-0.15, -0.1) is 0 Å². The van der Waals surface area contributed by atoms with E-state index in [0.717, 1.165) is 0 Å². The Morgan fingerprint density at radius 1 is 1.29 bits per heavy atom. The number of fused-ring (bicyclic) bond motifs is 1. The lowest BCUT2D eigenvalue weighted by molar-refractivity contribution is -0.146. The van der Waals surface area contributed by atoms with Crippen LogP contribution in [0.5, 0.6) is 0 Å². The maximum atomic E-state index is 12.2. The van der Waals surface area contributed by atoms with E-state index in [9.17, 15) is 13.2 Å². The monoisotopic (exact) mass is 310 g/mol. The van der Waals surface area contributed by atoms with Crippen molar-refractivity contribution >= 4 is 26.9 Å². The summed E-state index contributed by atoms with van der Waals surface area (Å²) in [6.45, 7) is -0.174. The summed E-state index contributed by atoms with van der Waals surface area (Å²) >= 11 is 0. The molecule has 112 valence electrons. The maximum absolute atomic E-state index is 12.2. The van der Waals surface area contributed by atoms with E-state index in [2.05, 4.69) is 9.71 Å². The van der Waals surface area contributed by atoms with Crippen molar-refractivity contribution < 1.29 is 23.4 Å². The molecule has 0 aliphatic heterocycles. The van der Waals surface area contributed by atoms with Crippen LogP contribution in [0.1, 0.15) is 6.42 Å². The van der Waals surface area contributed by atoms with Crippen molar-refractivity contribution in [2.75, 3.05) is 6.54 Å². The predicted octanol–water partition coefficient (Wildman–Crippen LogP) is 0.349. The Bertz CT molecular complexity index is 755. The second-order valence-electron chi connectivity index (χ2n) is 4.37. The minimum atomic E-state index is -3.80. The van der Waals surface area contributed by atoms with Crippen molar-refractivity contribution in [1.29, 1.82) is 0 Å². The van der Waals surface area contributed by atoms with Gasteiger partial charge in [-0.25, -0.2) is 17.9 Å². The first kappa shape index (κ1) is 15.4. The number of carboxylic acids is 1. The summed E-state index contributed by atoms with van der Waals surface area (Å²) in [7, 11) is -3.80. The molecule has 7 nitrogen and oxygen atoms in total. The van der Waals surface area contributed by atoms with Gasteiger partial charge in [0.1, 0.15) is 0 Å². The number of nitrogens with one attached hydrogen (secondary N) is 1. The number of rotatable bonds is 6. The Morgan fingerprint density at radius 3 is 2.76 bits per heavy atom. The number of carboxylic acid groups (broad SMARTS) is 1. The molecule has 0 aliphatic carbocycles. The van der Waals surface area contributed by atoms with Crippen LogP contribution in [0.3, 0.4) is 0 Å². The number of hydrogen-bond donors (Lipinski definition) is 3. The molecule has 1 aromatic carbocycles. The van der Waals surface area contributed by atoms with Gasteiger partial charge in [-0.05, 0) is 30.7 Å². The molecular weight excluding hydrogens is 296 g/mol. The average molecular weight is 310 g/mol. The van der Waals surface area contributed by atoms with Gasteiger partial charge in [-0.1, -0.05) is 6.07 Å². The van der Waals surface area contributed by atoms with Crippen LogP contribution >= 0.6 is 0 Å². The fraction of sp³-hybridized carbons (Fsp3) is 0.231. The van der Waals surface area contributed by atoms with Crippen LogP contribution < -0.4 is 4.72 Å². The quantitative estimate of drug-likeness (QED) is 0.709. The van der Waals surface area contributed by atoms with Gasteiger partial charge in [0.05, 0.1) is 10.4 Å².